The fourth-order valence-corrected chi connectivity index (χ4v) is 2.32. The normalized spacial score (nSPS) is 9.95. The first-order valence-electron chi connectivity index (χ1n) is 6.49. The zero-order valence-electron chi connectivity index (χ0n) is 11.6. The van der Waals surface area contributed by atoms with Crippen LogP contribution in [0.15, 0.2) is 59.5 Å². The first-order chi connectivity index (χ1) is 10.1. The summed E-state index contributed by atoms with van der Waals surface area (Å²) in [6.07, 6.45) is 0. The SMILES string of the molecule is Cc1ccc(C(=O)NNC(=O)CSc2ccccc2)cc1. The van der Waals surface area contributed by atoms with Crippen LogP contribution in [-0.2, 0) is 4.79 Å². The summed E-state index contributed by atoms with van der Waals surface area (Å²) in [5.74, 6) is -0.324. The Kier molecular flexibility index (Phi) is 5.40. The van der Waals surface area contributed by atoms with E-state index >= 15 is 0 Å². The van der Waals surface area contributed by atoms with Crippen molar-refractivity contribution >= 4 is 23.6 Å². The Balaban J connectivity index is 1.76. The van der Waals surface area contributed by atoms with Gasteiger partial charge in [0.2, 0.25) is 5.91 Å². The van der Waals surface area contributed by atoms with Crippen molar-refractivity contribution in [3.8, 4) is 0 Å². The maximum absolute atomic E-state index is 11.8. The largest absolute Gasteiger partial charge is 0.272 e. The van der Waals surface area contributed by atoms with Crippen LogP contribution in [0.3, 0.4) is 0 Å². The van der Waals surface area contributed by atoms with Crippen LogP contribution in [0.2, 0.25) is 0 Å². The molecule has 0 saturated carbocycles. The number of thioether (sulfide) groups is 1. The van der Waals surface area contributed by atoms with Crippen LogP contribution in [0.1, 0.15) is 15.9 Å². The summed E-state index contributed by atoms with van der Waals surface area (Å²) in [6.45, 7) is 1.95. The molecule has 2 aromatic carbocycles. The van der Waals surface area contributed by atoms with Gasteiger partial charge in [-0.05, 0) is 31.2 Å². The minimum atomic E-state index is -0.326. The number of benzene rings is 2. The molecule has 0 aromatic heterocycles. The van der Waals surface area contributed by atoms with E-state index in [9.17, 15) is 9.59 Å². The number of rotatable bonds is 4. The number of carbonyl (C=O) groups is 2. The molecule has 2 N–H and O–H groups in total. The number of hydrogen-bond donors (Lipinski definition) is 2. The molecule has 21 heavy (non-hydrogen) atoms. The van der Waals surface area contributed by atoms with Crippen LogP contribution in [0.4, 0.5) is 0 Å². The van der Waals surface area contributed by atoms with Crippen LogP contribution in [0, 0.1) is 6.92 Å². The van der Waals surface area contributed by atoms with Gasteiger partial charge in [-0.1, -0.05) is 35.9 Å². The summed E-state index contributed by atoms with van der Waals surface area (Å²) < 4.78 is 0. The lowest BCUT2D eigenvalue weighted by atomic mass is 10.1. The van der Waals surface area contributed by atoms with E-state index in [0.717, 1.165) is 10.5 Å². The average molecular weight is 300 g/mol. The summed E-state index contributed by atoms with van der Waals surface area (Å²) >= 11 is 1.41. The first kappa shape index (κ1) is 15.1. The van der Waals surface area contributed by atoms with Gasteiger partial charge < -0.3 is 0 Å². The van der Waals surface area contributed by atoms with Gasteiger partial charge >= 0.3 is 0 Å². The van der Waals surface area contributed by atoms with Gasteiger partial charge in [0.05, 0.1) is 5.75 Å². The molecule has 0 saturated heterocycles. The Morgan fingerprint density at radius 3 is 2.29 bits per heavy atom. The molecular formula is C16H16N2O2S. The molecule has 0 aliphatic rings. The summed E-state index contributed by atoms with van der Waals surface area (Å²) in [7, 11) is 0. The molecule has 108 valence electrons. The summed E-state index contributed by atoms with van der Waals surface area (Å²) in [6, 6.07) is 16.8. The molecule has 2 amide bonds. The lowest BCUT2D eigenvalue weighted by Gasteiger charge is -2.07. The highest BCUT2D eigenvalue weighted by atomic mass is 32.2. The van der Waals surface area contributed by atoms with Gasteiger partial charge in [0.1, 0.15) is 0 Å². The second-order valence-electron chi connectivity index (χ2n) is 4.47. The predicted octanol–water partition coefficient (Wildman–Crippen LogP) is 2.55. The van der Waals surface area contributed by atoms with Gasteiger partial charge in [0.25, 0.3) is 5.91 Å². The van der Waals surface area contributed by atoms with E-state index in [1.54, 1.807) is 12.1 Å². The smallest absolute Gasteiger partial charge is 0.269 e. The Morgan fingerprint density at radius 2 is 1.62 bits per heavy atom. The molecule has 0 aliphatic heterocycles. The Labute approximate surface area is 127 Å². The summed E-state index contributed by atoms with van der Waals surface area (Å²) in [5, 5.41) is 0. The van der Waals surface area contributed by atoms with E-state index in [0.29, 0.717) is 5.56 Å². The standard InChI is InChI=1S/C16H16N2O2S/c1-12-7-9-13(10-8-12)16(20)18-17-15(19)11-21-14-5-3-2-4-6-14/h2-10H,11H2,1H3,(H,17,19)(H,18,20). The molecule has 0 radical (unpaired) electrons. The maximum Gasteiger partial charge on any atom is 0.269 e. The third-order valence-corrected chi connectivity index (χ3v) is 3.75. The van der Waals surface area contributed by atoms with Crippen LogP contribution < -0.4 is 10.9 Å². The van der Waals surface area contributed by atoms with Gasteiger partial charge in [-0.2, -0.15) is 0 Å². The summed E-state index contributed by atoms with van der Waals surface area (Å²) in [4.78, 5) is 24.5. The van der Waals surface area contributed by atoms with E-state index < -0.39 is 0 Å². The van der Waals surface area contributed by atoms with Crippen LogP contribution in [0.5, 0.6) is 0 Å². The van der Waals surface area contributed by atoms with Gasteiger partial charge in [-0.25, -0.2) is 0 Å². The predicted molar refractivity (Wildman–Crippen MR) is 84.0 cm³/mol. The van der Waals surface area contributed by atoms with Crippen molar-refractivity contribution in [1.29, 1.82) is 0 Å². The number of hydrazine groups is 1. The van der Waals surface area contributed by atoms with E-state index in [4.69, 9.17) is 0 Å². The van der Waals surface area contributed by atoms with Gasteiger partial charge in [-0.3, -0.25) is 20.4 Å². The van der Waals surface area contributed by atoms with Crippen molar-refractivity contribution in [3.05, 3.63) is 65.7 Å². The van der Waals surface area contributed by atoms with Crippen molar-refractivity contribution in [2.45, 2.75) is 11.8 Å². The third kappa shape index (κ3) is 4.96. The van der Waals surface area contributed by atoms with Crippen molar-refractivity contribution in [2.75, 3.05) is 5.75 Å². The average Bonchev–Trinajstić information content (AvgIpc) is 2.52. The van der Waals surface area contributed by atoms with E-state index in [-0.39, 0.29) is 17.6 Å². The minimum Gasteiger partial charge on any atom is -0.272 e. The Morgan fingerprint density at radius 1 is 0.952 bits per heavy atom. The first-order valence-corrected chi connectivity index (χ1v) is 7.47. The molecule has 0 heterocycles. The van der Waals surface area contributed by atoms with E-state index in [2.05, 4.69) is 10.9 Å². The zero-order valence-corrected chi connectivity index (χ0v) is 12.4. The Bertz CT molecular complexity index is 612. The number of carbonyl (C=O) groups excluding carboxylic acids is 2. The van der Waals surface area contributed by atoms with Crippen LogP contribution >= 0.6 is 11.8 Å². The fourth-order valence-electron chi connectivity index (χ4n) is 1.61. The quantitative estimate of drug-likeness (QED) is 0.674. The molecule has 0 atom stereocenters. The minimum absolute atomic E-state index is 0.246. The lowest BCUT2D eigenvalue weighted by molar-refractivity contribution is -0.119. The lowest BCUT2D eigenvalue weighted by Crippen LogP contribution is -2.42. The second kappa shape index (κ2) is 7.50. The third-order valence-electron chi connectivity index (χ3n) is 2.74. The van der Waals surface area contributed by atoms with Gasteiger partial charge in [-0.15, -0.1) is 11.8 Å². The monoisotopic (exact) mass is 300 g/mol. The van der Waals surface area contributed by atoms with Crippen molar-refractivity contribution in [3.63, 3.8) is 0 Å². The van der Waals surface area contributed by atoms with Gasteiger partial charge in [0.15, 0.2) is 0 Å². The molecule has 0 unspecified atom stereocenters. The van der Waals surface area contributed by atoms with E-state index in [1.165, 1.54) is 11.8 Å². The highest BCUT2D eigenvalue weighted by Gasteiger charge is 2.07. The van der Waals surface area contributed by atoms with Crippen molar-refractivity contribution in [2.24, 2.45) is 0 Å². The molecule has 4 nitrogen and oxygen atoms in total. The maximum atomic E-state index is 11.8. The molecular weight excluding hydrogens is 284 g/mol. The zero-order chi connectivity index (χ0) is 15.1. The topological polar surface area (TPSA) is 58.2 Å². The van der Waals surface area contributed by atoms with Crippen LogP contribution in [-0.4, -0.2) is 17.6 Å². The molecule has 0 aliphatic carbocycles. The summed E-state index contributed by atoms with van der Waals surface area (Å²) in [5.41, 5.74) is 6.40. The molecule has 2 rings (SSSR count). The highest BCUT2D eigenvalue weighted by Crippen LogP contribution is 2.15. The van der Waals surface area contributed by atoms with Crippen molar-refractivity contribution in [1.82, 2.24) is 10.9 Å². The number of nitrogens with one attached hydrogen (secondary N) is 2. The second-order valence-corrected chi connectivity index (χ2v) is 5.52. The fraction of sp³-hybridized carbons (Fsp3) is 0.125. The highest BCUT2D eigenvalue weighted by molar-refractivity contribution is 8.00. The molecule has 2 aromatic rings. The molecule has 0 spiro atoms. The molecule has 0 fully saturated rings. The van der Waals surface area contributed by atoms with Gasteiger partial charge in [0, 0.05) is 10.5 Å². The number of amides is 2. The van der Waals surface area contributed by atoms with E-state index in [1.807, 2.05) is 49.4 Å². The molecule has 0 bridgehead atoms. The number of aryl methyl sites for hydroxylation is 1. The van der Waals surface area contributed by atoms with Crippen molar-refractivity contribution < 1.29 is 9.59 Å². The Hall–Kier alpha value is -2.27. The molecule has 5 heteroatoms. The van der Waals surface area contributed by atoms with Crippen LogP contribution in [0.25, 0.3) is 0 Å². The number of hydrogen-bond acceptors (Lipinski definition) is 3.